The van der Waals surface area contributed by atoms with Gasteiger partial charge >= 0.3 is 0 Å². The minimum atomic E-state index is -0.00569. The van der Waals surface area contributed by atoms with E-state index < -0.39 is 0 Å². The number of carbonyl (C=O) groups excluding carboxylic acids is 1. The molecule has 4 rings (SSSR count). The SMILES string of the molecule is Cl.O=C(NC1CC2CCC(C1)N2)c1ccc2nccnc2c1. The fraction of sp³-hybridized carbons (Fsp3) is 0.438. The largest absolute Gasteiger partial charge is 0.349 e. The fourth-order valence-corrected chi connectivity index (χ4v) is 3.55. The van der Waals surface area contributed by atoms with Gasteiger partial charge in [0.1, 0.15) is 0 Å². The van der Waals surface area contributed by atoms with Gasteiger partial charge in [0.2, 0.25) is 0 Å². The fourth-order valence-electron chi connectivity index (χ4n) is 3.55. The summed E-state index contributed by atoms with van der Waals surface area (Å²) in [5, 5.41) is 6.76. The number of fused-ring (bicyclic) bond motifs is 3. The maximum absolute atomic E-state index is 12.4. The Morgan fingerprint density at radius 2 is 1.77 bits per heavy atom. The van der Waals surface area contributed by atoms with E-state index >= 15 is 0 Å². The molecule has 2 aromatic rings. The van der Waals surface area contributed by atoms with Gasteiger partial charge in [-0.15, -0.1) is 12.4 Å². The van der Waals surface area contributed by atoms with Gasteiger partial charge in [0, 0.05) is 36.1 Å². The summed E-state index contributed by atoms with van der Waals surface area (Å²) in [4.78, 5) is 20.9. The predicted molar refractivity (Wildman–Crippen MR) is 87.2 cm³/mol. The lowest BCUT2D eigenvalue weighted by Crippen LogP contribution is -2.48. The van der Waals surface area contributed by atoms with Crippen molar-refractivity contribution in [1.29, 1.82) is 0 Å². The second-order valence-corrected chi connectivity index (χ2v) is 6.04. The molecule has 6 heteroatoms. The highest BCUT2D eigenvalue weighted by molar-refractivity contribution is 5.97. The quantitative estimate of drug-likeness (QED) is 0.889. The molecule has 2 unspecified atom stereocenters. The Morgan fingerprint density at radius 1 is 1.09 bits per heavy atom. The summed E-state index contributed by atoms with van der Waals surface area (Å²) in [5.41, 5.74) is 2.23. The van der Waals surface area contributed by atoms with Crippen LogP contribution < -0.4 is 10.6 Å². The van der Waals surface area contributed by atoms with Crippen molar-refractivity contribution in [3.63, 3.8) is 0 Å². The van der Waals surface area contributed by atoms with Gasteiger partial charge in [-0.1, -0.05) is 0 Å². The first-order chi connectivity index (χ1) is 10.3. The Labute approximate surface area is 135 Å². The lowest BCUT2D eigenvalue weighted by Gasteiger charge is -2.29. The zero-order valence-corrected chi connectivity index (χ0v) is 13.0. The van der Waals surface area contributed by atoms with E-state index in [1.807, 2.05) is 18.2 Å². The first-order valence-corrected chi connectivity index (χ1v) is 7.55. The highest BCUT2D eigenvalue weighted by atomic mass is 35.5. The minimum absolute atomic E-state index is 0. The van der Waals surface area contributed by atoms with Crippen molar-refractivity contribution < 1.29 is 4.79 Å². The monoisotopic (exact) mass is 318 g/mol. The number of hydrogen-bond donors (Lipinski definition) is 2. The number of nitrogens with zero attached hydrogens (tertiary/aromatic N) is 2. The molecule has 0 saturated carbocycles. The number of halogens is 1. The summed E-state index contributed by atoms with van der Waals surface area (Å²) in [6.45, 7) is 0. The van der Waals surface area contributed by atoms with Crippen molar-refractivity contribution in [2.24, 2.45) is 0 Å². The van der Waals surface area contributed by atoms with Crippen LogP contribution in [-0.2, 0) is 0 Å². The van der Waals surface area contributed by atoms with Gasteiger partial charge in [0.05, 0.1) is 11.0 Å². The van der Waals surface area contributed by atoms with E-state index in [2.05, 4.69) is 20.6 Å². The molecule has 116 valence electrons. The van der Waals surface area contributed by atoms with Crippen LogP contribution in [0.15, 0.2) is 30.6 Å². The lowest BCUT2D eigenvalue weighted by atomic mass is 9.99. The van der Waals surface area contributed by atoms with Crippen LogP contribution in [0.1, 0.15) is 36.0 Å². The molecule has 5 nitrogen and oxygen atoms in total. The van der Waals surface area contributed by atoms with Gasteiger partial charge < -0.3 is 10.6 Å². The standard InChI is InChI=1S/C16H18N4O.ClH/c21-16(20-13-8-11-2-3-12(9-13)19-11)10-1-4-14-15(7-10)18-6-5-17-14;/h1,4-7,11-13,19H,2-3,8-9H2,(H,20,21);1H. The van der Waals surface area contributed by atoms with Gasteiger partial charge in [-0.25, -0.2) is 0 Å². The van der Waals surface area contributed by atoms with Crippen molar-refractivity contribution in [1.82, 2.24) is 20.6 Å². The van der Waals surface area contributed by atoms with E-state index in [-0.39, 0.29) is 24.4 Å². The number of carbonyl (C=O) groups is 1. The number of aromatic nitrogens is 2. The molecular weight excluding hydrogens is 300 g/mol. The van der Waals surface area contributed by atoms with Crippen LogP contribution in [0.4, 0.5) is 0 Å². The summed E-state index contributed by atoms with van der Waals surface area (Å²) >= 11 is 0. The average molecular weight is 319 g/mol. The van der Waals surface area contributed by atoms with Crippen LogP contribution in [0, 0.1) is 0 Å². The van der Waals surface area contributed by atoms with Crippen molar-refractivity contribution in [3.8, 4) is 0 Å². The molecule has 2 N–H and O–H groups in total. The normalized spacial score (nSPS) is 26.5. The second-order valence-electron chi connectivity index (χ2n) is 6.04. The van der Waals surface area contributed by atoms with Gasteiger partial charge in [0.25, 0.3) is 5.91 Å². The molecule has 2 bridgehead atoms. The topological polar surface area (TPSA) is 66.9 Å². The van der Waals surface area contributed by atoms with Crippen LogP contribution in [0.25, 0.3) is 11.0 Å². The Kier molecular flexibility index (Phi) is 4.27. The van der Waals surface area contributed by atoms with Crippen LogP contribution >= 0.6 is 12.4 Å². The van der Waals surface area contributed by atoms with Crippen molar-refractivity contribution in [3.05, 3.63) is 36.2 Å². The second kappa shape index (κ2) is 6.18. The van der Waals surface area contributed by atoms with Crippen molar-refractivity contribution in [2.75, 3.05) is 0 Å². The summed E-state index contributed by atoms with van der Waals surface area (Å²) in [6, 6.07) is 6.93. The first-order valence-electron chi connectivity index (χ1n) is 7.55. The van der Waals surface area contributed by atoms with E-state index in [9.17, 15) is 4.79 Å². The van der Waals surface area contributed by atoms with Gasteiger partial charge in [0.15, 0.2) is 0 Å². The van der Waals surface area contributed by atoms with E-state index in [0.29, 0.717) is 17.6 Å². The zero-order valence-electron chi connectivity index (χ0n) is 12.2. The molecule has 0 radical (unpaired) electrons. The highest BCUT2D eigenvalue weighted by Crippen LogP contribution is 2.27. The minimum Gasteiger partial charge on any atom is -0.349 e. The van der Waals surface area contributed by atoms with Crippen LogP contribution in [0.5, 0.6) is 0 Å². The molecule has 0 spiro atoms. The van der Waals surface area contributed by atoms with E-state index in [4.69, 9.17) is 0 Å². The Morgan fingerprint density at radius 3 is 2.50 bits per heavy atom. The molecule has 2 aliphatic heterocycles. The molecule has 2 fully saturated rings. The van der Waals surface area contributed by atoms with Crippen LogP contribution in [0.2, 0.25) is 0 Å². The Hall–Kier alpha value is -1.72. The van der Waals surface area contributed by atoms with E-state index in [0.717, 1.165) is 23.9 Å². The Bertz CT molecular complexity index is 681. The maximum atomic E-state index is 12.4. The molecule has 1 aromatic carbocycles. The number of benzene rings is 1. The zero-order chi connectivity index (χ0) is 14.2. The van der Waals surface area contributed by atoms with E-state index in [1.54, 1.807) is 12.4 Å². The molecule has 1 aromatic heterocycles. The summed E-state index contributed by atoms with van der Waals surface area (Å²) in [5.74, 6) is -0.00569. The molecule has 2 saturated heterocycles. The van der Waals surface area contributed by atoms with Gasteiger partial charge in [-0.3, -0.25) is 14.8 Å². The van der Waals surface area contributed by atoms with Crippen LogP contribution in [0.3, 0.4) is 0 Å². The van der Waals surface area contributed by atoms with Crippen molar-refractivity contribution in [2.45, 2.75) is 43.8 Å². The molecule has 2 atom stereocenters. The average Bonchev–Trinajstić information content (AvgIpc) is 2.85. The lowest BCUT2D eigenvalue weighted by molar-refractivity contribution is 0.0924. The number of amides is 1. The maximum Gasteiger partial charge on any atom is 0.251 e. The molecule has 3 heterocycles. The molecule has 1 amide bonds. The molecule has 2 aliphatic rings. The summed E-state index contributed by atoms with van der Waals surface area (Å²) in [6.07, 6.45) is 7.86. The molecule has 0 aliphatic carbocycles. The first kappa shape index (κ1) is 15.2. The van der Waals surface area contributed by atoms with Crippen LogP contribution in [-0.4, -0.2) is 34.0 Å². The third-order valence-electron chi connectivity index (χ3n) is 4.54. The third-order valence-corrected chi connectivity index (χ3v) is 4.54. The van der Waals surface area contributed by atoms with Crippen molar-refractivity contribution >= 4 is 29.3 Å². The highest BCUT2D eigenvalue weighted by Gasteiger charge is 2.34. The van der Waals surface area contributed by atoms with Gasteiger partial charge in [-0.05, 0) is 43.9 Å². The summed E-state index contributed by atoms with van der Waals surface area (Å²) in [7, 11) is 0. The summed E-state index contributed by atoms with van der Waals surface area (Å²) < 4.78 is 0. The number of piperidine rings is 1. The van der Waals surface area contributed by atoms with Gasteiger partial charge in [-0.2, -0.15) is 0 Å². The molecular formula is C16H19ClN4O. The number of hydrogen-bond acceptors (Lipinski definition) is 4. The number of rotatable bonds is 2. The molecule has 22 heavy (non-hydrogen) atoms. The predicted octanol–water partition coefficient (Wildman–Crippen LogP) is 2.06. The third kappa shape index (κ3) is 2.91. The Balaban J connectivity index is 0.00000144. The number of nitrogens with one attached hydrogen (secondary N) is 2. The smallest absolute Gasteiger partial charge is 0.251 e. The van der Waals surface area contributed by atoms with E-state index in [1.165, 1.54) is 12.8 Å².